The maximum Gasteiger partial charge on any atom is 0.491 e. The Balaban J connectivity index is 4.68. The monoisotopic (exact) mass is 209 g/mol. The number of halogens is 6. The van der Waals surface area contributed by atoms with Crippen LogP contribution in [0.15, 0.2) is 12.5 Å². The predicted molar refractivity (Wildman–Crippen MR) is 30.1 cm³/mol. The Morgan fingerprint density at radius 3 is 1.62 bits per heavy atom. The van der Waals surface area contributed by atoms with Crippen LogP contribution in [0.4, 0.5) is 26.3 Å². The summed E-state index contributed by atoms with van der Waals surface area (Å²) in [6.45, 7) is 0. The standard InChI is InChI=1S/C5H5F6NO/c1-13-3-2-12(4(6,7)8)5(9,10)11/h2-3H,1H3/b3-2-. The van der Waals surface area contributed by atoms with Gasteiger partial charge in [0.1, 0.15) is 0 Å². The molecule has 0 atom stereocenters. The Morgan fingerprint density at radius 1 is 1.00 bits per heavy atom. The van der Waals surface area contributed by atoms with Crippen LogP contribution < -0.4 is 0 Å². The van der Waals surface area contributed by atoms with Gasteiger partial charge in [-0.1, -0.05) is 0 Å². The fourth-order valence-corrected chi connectivity index (χ4v) is 0.434. The van der Waals surface area contributed by atoms with E-state index in [1.165, 1.54) is 0 Å². The van der Waals surface area contributed by atoms with E-state index in [-0.39, 0.29) is 12.5 Å². The summed E-state index contributed by atoms with van der Waals surface area (Å²) < 4.78 is 73.8. The highest BCUT2D eigenvalue weighted by molar-refractivity contribution is 4.79. The van der Waals surface area contributed by atoms with Crippen molar-refractivity contribution in [1.29, 1.82) is 0 Å². The maximum absolute atomic E-state index is 11.6. The molecule has 13 heavy (non-hydrogen) atoms. The highest BCUT2D eigenvalue weighted by Crippen LogP contribution is 2.33. The molecule has 0 amide bonds. The van der Waals surface area contributed by atoms with Crippen molar-refractivity contribution in [3.05, 3.63) is 12.5 Å². The molecule has 2 nitrogen and oxygen atoms in total. The van der Waals surface area contributed by atoms with Crippen LogP contribution in [0.25, 0.3) is 0 Å². The lowest BCUT2D eigenvalue weighted by Gasteiger charge is -2.24. The molecule has 0 heterocycles. The molecule has 0 radical (unpaired) electrons. The van der Waals surface area contributed by atoms with Gasteiger partial charge in [0, 0.05) is 0 Å². The van der Waals surface area contributed by atoms with Crippen LogP contribution in [0, 0.1) is 0 Å². The highest BCUT2D eigenvalue weighted by Gasteiger charge is 2.51. The molecule has 0 saturated heterocycles. The number of hydrogen-bond donors (Lipinski definition) is 0. The largest absolute Gasteiger partial charge is 0.503 e. The van der Waals surface area contributed by atoms with Gasteiger partial charge in [-0.2, -0.15) is 4.90 Å². The minimum absolute atomic E-state index is 0.250. The molecular formula is C5H5F6NO. The molecule has 0 aromatic heterocycles. The molecule has 0 unspecified atom stereocenters. The average molecular weight is 209 g/mol. The lowest BCUT2D eigenvalue weighted by Crippen LogP contribution is -2.44. The first-order valence-corrected chi connectivity index (χ1v) is 2.82. The predicted octanol–water partition coefficient (Wildman–Crippen LogP) is 2.45. The van der Waals surface area contributed by atoms with Gasteiger partial charge in [0.2, 0.25) is 0 Å². The second kappa shape index (κ2) is 3.75. The fourth-order valence-electron chi connectivity index (χ4n) is 0.434. The van der Waals surface area contributed by atoms with E-state index >= 15 is 0 Å². The van der Waals surface area contributed by atoms with E-state index in [0.29, 0.717) is 0 Å². The van der Waals surface area contributed by atoms with Crippen LogP contribution in [0.5, 0.6) is 0 Å². The van der Waals surface area contributed by atoms with E-state index in [1.807, 2.05) is 0 Å². The molecular weight excluding hydrogens is 204 g/mol. The quantitative estimate of drug-likeness (QED) is 0.393. The number of rotatable bonds is 2. The Kier molecular flexibility index (Phi) is 3.44. The minimum atomic E-state index is -5.51. The van der Waals surface area contributed by atoms with Crippen molar-refractivity contribution < 1.29 is 31.1 Å². The third kappa shape index (κ3) is 3.90. The zero-order valence-corrected chi connectivity index (χ0v) is 6.28. The smallest absolute Gasteiger partial charge is 0.491 e. The molecule has 0 N–H and O–H groups in total. The van der Waals surface area contributed by atoms with Crippen molar-refractivity contribution >= 4 is 0 Å². The van der Waals surface area contributed by atoms with Crippen molar-refractivity contribution in [2.24, 2.45) is 0 Å². The van der Waals surface area contributed by atoms with Crippen molar-refractivity contribution in [3.8, 4) is 0 Å². The SMILES string of the molecule is CO/C=C\N(C(F)(F)F)C(F)(F)F. The van der Waals surface area contributed by atoms with Crippen molar-refractivity contribution in [2.45, 2.75) is 12.6 Å². The summed E-state index contributed by atoms with van der Waals surface area (Å²) in [6.07, 6.45) is -11.0. The first-order valence-electron chi connectivity index (χ1n) is 2.82. The van der Waals surface area contributed by atoms with E-state index in [0.717, 1.165) is 7.11 Å². The first-order chi connectivity index (χ1) is 5.69. The van der Waals surface area contributed by atoms with Crippen LogP contribution in [0.3, 0.4) is 0 Å². The lowest BCUT2D eigenvalue weighted by atomic mass is 10.7. The average Bonchev–Trinajstić information content (AvgIpc) is 1.81. The molecule has 0 bridgehead atoms. The molecule has 0 aliphatic heterocycles. The van der Waals surface area contributed by atoms with Gasteiger partial charge in [0.25, 0.3) is 0 Å². The maximum atomic E-state index is 11.6. The Morgan fingerprint density at radius 2 is 1.38 bits per heavy atom. The molecule has 0 spiro atoms. The Hall–Kier alpha value is -1.08. The van der Waals surface area contributed by atoms with Crippen molar-refractivity contribution in [1.82, 2.24) is 4.90 Å². The van der Waals surface area contributed by atoms with Gasteiger partial charge in [-0.15, -0.1) is 26.3 Å². The third-order valence-electron chi connectivity index (χ3n) is 0.892. The van der Waals surface area contributed by atoms with E-state index in [4.69, 9.17) is 0 Å². The molecule has 0 aromatic rings. The number of nitrogens with zero attached hydrogens (tertiary/aromatic N) is 1. The van der Waals surface area contributed by atoms with Gasteiger partial charge in [-0.05, 0) is 0 Å². The van der Waals surface area contributed by atoms with Gasteiger partial charge in [0.15, 0.2) is 0 Å². The van der Waals surface area contributed by atoms with Crippen LogP contribution in [-0.4, -0.2) is 24.6 Å². The third-order valence-corrected chi connectivity index (χ3v) is 0.892. The van der Waals surface area contributed by atoms with Crippen LogP contribution in [0.2, 0.25) is 0 Å². The zero-order valence-electron chi connectivity index (χ0n) is 6.28. The molecule has 0 rings (SSSR count). The van der Waals surface area contributed by atoms with Gasteiger partial charge >= 0.3 is 12.6 Å². The normalized spacial score (nSPS) is 13.5. The van der Waals surface area contributed by atoms with Gasteiger partial charge in [-0.3, -0.25) is 0 Å². The molecule has 0 fully saturated rings. The molecule has 8 heteroatoms. The molecule has 0 saturated carbocycles. The molecule has 0 aliphatic carbocycles. The van der Waals surface area contributed by atoms with E-state index in [9.17, 15) is 26.3 Å². The molecule has 0 aromatic carbocycles. The summed E-state index contributed by atoms with van der Waals surface area (Å²) in [5.74, 6) is 0. The van der Waals surface area contributed by atoms with Crippen molar-refractivity contribution in [2.75, 3.05) is 7.11 Å². The van der Waals surface area contributed by atoms with Crippen molar-refractivity contribution in [3.63, 3.8) is 0 Å². The van der Waals surface area contributed by atoms with E-state index in [1.54, 1.807) is 0 Å². The summed E-state index contributed by atoms with van der Waals surface area (Å²) in [4.78, 5) is -1.72. The summed E-state index contributed by atoms with van der Waals surface area (Å²) in [5, 5.41) is 0. The highest BCUT2D eigenvalue weighted by atomic mass is 19.4. The summed E-state index contributed by atoms with van der Waals surface area (Å²) in [7, 11) is 0.932. The summed E-state index contributed by atoms with van der Waals surface area (Å²) in [5.41, 5.74) is 0. The van der Waals surface area contributed by atoms with Gasteiger partial charge < -0.3 is 4.74 Å². The Bertz CT molecular complexity index is 168. The lowest BCUT2D eigenvalue weighted by molar-refractivity contribution is -0.354. The summed E-state index contributed by atoms with van der Waals surface area (Å²) in [6, 6.07) is 0. The van der Waals surface area contributed by atoms with Crippen LogP contribution >= 0.6 is 0 Å². The second-order valence-corrected chi connectivity index (χ2v) is 1.83. The topological polar surface area (TPSA) is 12.5 Å². The first kappa shape index (κ1) is 11.9. The number of methoxy groups -OCH3 is 1. The van der Waals surface area contributed by atoms with Gasteiger partial charge in [-0.25, -0.2) is 0 Å². The number of alkyl halides is 6. The second-order valence-electron chi connectivity index (χ2n) is 1.83. The van der Waals surface area contributed by atoms with Crippen LogP contribution in [0.1, 0.15) is 0 Å². The molecule has 0 aliphatic rings. The van der Waals surface area contributed by atoms with Gasteiger partial charge in [0.05, 0.1) is 19.6 Å². The number of hydrogen-bond acceptors (Lipinski definition) is 2. The fraction of sp³-hybridized carbons (Fsp3) is 0.600. The van der Waals surface area contributed by atoms with Crippen LogP contribution in [-0.2, 0) is 4.74 Å². The minimum Gasteiger partial charge on any atom is -0.503 e. The zero-order chi connectivity index (χ0) is 10.7. The molecule has 78 valence electrons. The Labute approximate surface area is 69.4 Å². The summed E-state index contributed by atoms with van der Waals surface area (Å²) >= 11 is 0. The number of ether oxygens (including phenoxy) is 1. The van der Waals surface area contributed by atoms with E-state index < -0.39 is 17.5 Å². The van der Waals surface area contributed by atoms with E-state index in [2.05, 4.69) is 4.74 Å².